The van der Waals surface area contributed by atoms with Crippen LogP contribution in [0.15, 0.2) is 41.0 Å². The van der Waals surface area contributed by atoms with Crippen LogP contribution in [0.4, 0.5) is 0 Å². The minimum Gasteiger partial charge on any atom is -0.478 e. The maximum Gasteiger partial charge on any atom is 0.328 e. The van der Waals surface area contributed by atoms with Gasteiger partial charge >= 0.3 is 5.97 Å². The molecule has 0 bridgehead atoms. The Balaban J connectivity index is 2.48. The van der Waals surface area contributed by atoms with Crippen molar-refractivity contribution in [2.75, 3.05) is 0 Å². The van der Waals surface area contributed by atoms with Gasteiger partial charge in [0.2, 0.25) is 0 Å². The van der Waals surface area contributed by atoms with Gasteiger partial charge < -0.3 is 9.52 Å². The Hall–Kier alpha value is -2.03. The molecule has 0 saturated heterocycles. The van der Waals surface area contributed by atoms with Crippen LogP contribution in [0.5, 0.6) is 0 Å². The first kappa shape index (κ1) is 8.56. The smallest absolute Gasteiger partial charge is 0.328 e. The lowest BCUT2D eigenvalue weighted by Crippen LogP contribution is -1.84. The SMILES string of the molecule is O=C(O)C=Cc1coc2ccccc12. The van der Waals surface area contributed by atoms with Crippen molar-refractivity contribution >= 4 is 23.0 Å². The number of aliphatic carboxylic acids is 1. The summed E-state index contributed by atoms with van der Waals surface area (Å²) in [6, 6.07) is 7.49. The third-order valence-electron chi connectivity index (χ3n) is 1.92. The van der Waals surface area contributed by atoms with Crippen LogP contribution >= 0.6 is 0 Å². The molecule has 0 aliphatic rings. The van der Waals surface area contributed by atoms with Gasteiger partial charge in [-0.25, -0.2) is 4.79 Å². The summed E-state index contributed by atoms with van der Waals surface area (Å²) < 4.78 is 5.24. The van der Waals surface area contributed by atoms with Crippen molar-refractivity contribution in [2.24, 2.45) is 0 Å². The zero-order chi connectivity index (χ0) is 9.97. The van der Waals surface area contributed by atoms with E-state index in [4.69, 9.17) is 9.52 Å². The Labute approximate surface area is 80.3 Å². The molecule has 2 rings (SSSR count). The number of fused-ring (bicyclic) bond motifs is 1. The van der Waals surface area contributed by atoms with E-state index in [1.165, 1.54) is 6.08 Å². The van der Waals surface area contributed by atoms with Gasteiger partial charge in [-0.15, -0.1) is 0 Å². The van der Waals surface area contributed by atoms with Gasteiger partial charge in [-0.1, -0.05) is 18.2 Å². The summed E-state index contributed by atoms with van der Waals surface area (Å²) in [5.41, 5.74) is 1.54. The maximum atomic E-state index is 10.3. The first-order chi connectivity index (χ1) is 6.77. The van der Waals surface area contributed by atoms with E-state index in [-0.39, 0.29) is 0 Å². The van der Waals surface area contributed by atoms with Gasteiger partial charge in [-0.2, -0.15) is 0 Å². The number of carbonyl (C=O) groups is 1. The molecule has 0 fully saturated rings. The summed E-state index contributed by atoms with van der Waals surface area (Å²) in [5, 5.41) is 9.39. The van der Waals surface area contributed by atoms with Gasteiger partial charge in [0.25, 0.3) is 0 Å². The average Bonchev–Trinajstić information content (AvgIpc) is 2.58. The molecule has 0 unspecified atom stereocenters. The third kappa shape index (κ3) is 1.52. The summed E-state index contributed by atoms with van der Waals surface area (Å²) in [6.45, 7) is 0. The van der Waals surface area contributed by atoms with E-state index in [9.17, 15) is 4.79 Å². The third-order valence-corrected chi connectivity index (χ3v) is 1.92. The van der Waals surface area contributed by atoms with Crippen LogP contribution in [0.25, 0.3) is 17.0 Å². The molecular weight excluding hydrogens is 180 g/mol. The number of para-hydroxylation sites is 1. The summed E-state index contributed by atoms with van der Waals surface area (Å²) in [6.07, 6.45) is 4.16. The highest BCUT2D eigenvalue weighted by Crippen LogP contribution is 2.21. The molecule has 0 amide bonds. The largest absolute Gasteiger partial charge is 0.478 e. The van der Waals surface area contributed by atoms with E-state index in [0.29, 0.717) is 0 Å². The molecule has 14 heavy (non-hydrogen) atoms. The highest BCUT2D eigenvalue weighted by Gasteiger charge is 2.01. The molecule has 3 heteroatoms. The monoisotopic (exact) mass is 188 g/mol. The topological polar surface area (TPSA) is 50.4 Å². The second kappa shape index (κ2) is 3.38. The Morgan fingerprint density at radius 1 is 1.36 bits per heavy atom. The van der Waals surface area contributed by atoms with Crippen LogP contribution in [-0.4, -0.2) is 11.1 Å². The molecule has 1 aromatic heterocycles. The minimum atomic E-state index is -0.963. The number of rotatable bonds is 2. The zero-order valence-corrected chi connectivity index (χ0v) is 7.31. The molecule has 1 N–H and O–H groups in total. The van der Waals surface area contributed by atoms with Crippen LogP contribution in [0.1, 0.15) is 5.56 Å². The minimum absolute atomic E-state index is 0.762. The van der Waals surface area contributed by atoms with Gasteiger partial charge in [0.05, 0.1) is 6.26 Å². The van der Waals surface area contributed by atoms with Gasteiger partial charge in [-0.05, 0) is 12.1 Å². The van der Waals surface area contributed by atoms with Crippen LogP contribution < -0.4 is 0 Å². The fraction of sp³-hybridized carbons (Fsp3) is 0. The van der Waals surface area contributed by atoms with Crippen LogP contribution in [0.3, 0.4) is 0 Å². The highest BCUT2D eigenvalue weighted by molar-refractivity contribution is 5.92. The predicted octanol–water partition coefficient (Wildman–Crippen LogP) is 2.53. The Kier molecular flexibility index (Phi) is 2.07. The summed E-state index contributed by atoms with van der Waals surface area (Å²) in [7, 11) is 0. The second-order valence-electron chi connectivity index (χ2n) is 2.86. The molecule has 0 aliphatic carbocycles. The lowest BCUT2D eigenvalue weighted by atomic mass is 10.2. The maximum absolute atomic E-state index is 10.3. The number of carboxylic acid groups (broad SMARTS) is 1. The molecule has 2 aromatic rings. The summed E-state index contributed by atoms with van der Waals surface area (Å²) in [5.74, 6) is -0.963. The molecule has 0 atom stereocenters. The van der Waals surface area contributed by atoms with E-state index in [1.807, 2.05) is 24.3 Å². The molecular formula is C11H8O3. The van der Waals surface area contributed by atoms with Crippen molar-refractivity contribution in [1.29, 1.82) is 0 Å². The second-order valence-corrected chi connectivity index (χ2v) is 2.86. The lowest BCUT2D eigenvalue weighted by Gasteiger charge is -1.87. The molecule has 1 aromatic carbocycles. The van der Waals surface area contributed by atoms with Gasteiger partial charge in [0.1, 0.15) is 5.58 Å². The predicted molar refractivity (Wildman–Crippen MR) is 52.9 cm³/mol. The molecule has 0 aliphatic heterocycles. The van der Waals surface area contributed by atoms with Crippen molar-refractivity contribution in [3.8, 4) is 0 Å². The summed E-state index contributed by atoms with van der Waals surface area (Å²) in [4.78, 5) is 10.3. The van der Waals surface area contributed by atoms with Crippen LogP contribution in [0.2, 0.25) is 0 Å². The zero-order valence-electron chi connectivity index (χ0n) is 7.31. The lowest BCUT2D eigenvalue weighted by molar-refractivity contribution is -0.131. The fourth-order valence-corrected chi connectivity index (χ4v) is 1.29. The van der Waals surface area contributed by atoms with Crippen molar-refractivity contribution in [1.82, 2.24) is 0 Å². The highest BCUT2D eigenvalue weighted by atomic mass is 16.4. The molecule has 70 valence electrons. The fourth-order valence-electron chi connectivity index (χ4n) is 1.29. The number of hydrogen-bond acceptors (Lipinski definition) is 2. The molecule has 3 nitrogen and oxygen atoms in total. The number of furan rings is 1. The summed E-state index contributed by atoms with van der Waals surface area (Å²) >= 11 is 0. The van der Waals surface area contributed by atoms with Crippen molar-refractivity contribution in [2.45, 2.75) is 0 Å². The van der Waals surface area contributed by atoms with Crippen molar-refractivity contribution < 1.29 is 14.3 Å². The number of benzene rings is 1. The molecule has 1 heterocycles. The van der Waals surface area contributed by atoms with Gasteiger partial charge in [-0.3, -0.25) is 0 Å². The Bertz CT molecular complexity index is 494. The molecule has 0 spiro atoms. The Morgan fingerprint density at radius 2 is 2.14 bits per heavy atom. The van der Waals surface area contributed by atoms with Gasteiger partial charge in [0.15, 0.2) is 0 Å². The molecule has 0 saturated carbocycles. The van der Waals surface area contributed by atoms with E-state index >= 15 is 0 Å². The van der Waals surface area contributed by atoms with E-state index < -0.39 is 5.97 Å². The first-order valence-electron chi connectivity index (χ1n) is 4.14. The number of carboxylic acids is 1. The normalized spacial score (nSPS) is 11.1. The van der Waals surface area contributed by atoms with Crippen LogP contribution in [-0.2, 0) is 4.79 Å². The average molecular weight is 188 g/mol. The molecule has 0 radical (unpaired) electrons. The van der Waals surface area contributed by atoms with Crippen molar-refractivity contribution in [3.63, 3.8) is 0 Å². The number of hydrogen-bond donors (Lipinski definition) is 1. The first-order valence-corrected chi connectivity index (χ1v) is 4.14. The Morgan fingerprint density at radius 3 is 2.93 bits per heavy atom. The van der Waals surface area contributed by atoms with Crippen molar-refractivity contribution in [3.05, 3.63) is 42.2 Å². The van der Waals surface area contributed by atoms with Gasteiger partial charge in [0, 0.05) is 17.0 Å². The van der Waals surface area contributed by atoms with E-state index in [0.717, 1.165) is 22.6 Å². The van der Waals surface area contributed by atoms with E-state index in [2.05, 4.69) is 0 Å². The standard InChI is InChI=1S/C11H8O3/c12-11(13)6-5-8-7-14-10-4-2-1-3-9(8)10/h1-7H,(H,12,13). The quantitative estimate of drug-likeness (QED) is 0.736. The van der Waals surface area contributed by atoms with E-state index in [1.54, 1.807) is 6.26 Å². The van der Waals surface area contributed by atoms with Crippen LogP contribution in [0, 0.1) is 0 Å².